The van der Waals surface area contributed by atoms with E-state index < -0.39 is 42.1 Å². The Bertz CT molecular complexity index is 1520. The van der Waals surface area contributed by atoms with Gasteiger partial charge in [-0.15, -0.1) is 0 Å². The molecule has 9 heteroatoms. The molecule has 4 N–H and O–H groups in total. The zero-order valence-corrected chi connectivity index (χ0v) is 23.4. The number of amides is 1. The molecule has 0 aliphatic rings. The van der Waals surface area contributed by atoms with Crippen LogP contribution in [0.2, 0.25) is 0 Å². The summed E-state index contributed by atoms with van der Waals surface area (Å²) in [5, 5.41) is 32.7. The number of hydrogen-bond acceptors (Lipinski definition) is 4. The lowest BCUT2D eigenvalue weighted by atomic mass is 9.92. The highest BCUT2D eigenvalue weighted by molar-refractivity contribution is 6.11. The van der Waals surface area contributed by atoms with E-state index in [1.54, 1.807) is 48.5 Å². The maximum absolute atomic E-state index is 14.0. The molecule has 0 spiro atoms. The van der Waals surface area contributed by atoms with Crippen molar-refractivity contribution in [2.24, 2.45) is 0 Å². The van der Waals surface area contributed by atoms with Crippen LogP contribution < -0.4 is 5.32 Å². The molecule has 4 rings (SSSR count). The number of aliphatic carboxylic acids is 1. The molecular formula is C33H34F2N2O5. The number of nitrogens with one attached hydrogen (secondary N) is 1. The number of benzene rings is 3. The number of halogens is 2. The van der Waals surface area contributed by atoms with Gasteiger partial charge >= 0.3 is 5.97 Å². The molecule has 1 heterocycles. The molecule has 1 amide bonds. The summed E-state index contributed by atoms with van der Waals surface area (Å²) in [6.45, 7) is 3.83. The fourth-order valence-corrected chi connectivity index (χ4v) is 5.23. The highest BCUT2D eigenvalue weighted by Crippen LogP contribution is 2.43. The Morgan fingerprint density at radius 3 is 1.88 bits per heavy atom. The average molecular weight is 577 g/mol. The maximum atomic E-state index is 14.0. The monoisotopic (exact) mass is 576 g/mol. The minimum Gasteiger partial charge on any atom is -0.481 e. The summed E-state index contributed by atoms with van der Waals surface area (Å²) in [5.41, 5.74) is 3.94. The molecule has 4 aromatic rings. The number of carbonyl (C=O) groups is 2. The Morgan fingerprint density at radius 2 is 1.36 bits per heavy atom. The second-order valence-corrected chi connectivity index (χ2v) is 10.5. The molecule has 3 aromatic carbocycles. The number of carbonyl (C=O) groups excluding carboxylic acids is 1. The number of aliphatic hydroxyl groups excluding tert-OH is 2. The molecule has 0 saturated heterocycles. The number of aliphatic hydroxyl groups is 2. The van der Waals surface area contributed by atoms with Gasteiger partial charge in [-0.05, 0) is 80.6 Å². The van der Waals surface area contributed by atoms with E-state index in [0.717, 1.165) is 0 Å². The minimum atomic E-state index is -1.21. The normalized spacial score (nSPS) is 12.7. The van der Waals surface area contributed by atoms with Crippen molar-refractivity contribution in [3.63, 3.8) is 0 Å². The van der Waals surface area contributed by atoms with Gasteiger partial charge in [-0.25, -0.2) is 8.78 Å². The first kappa shape index (κ1) is 30.6. The van der Waals surface area contributed by atoms with Crippen molar-refractivity contribution in [1.82, 2.24) is 4.57 Å². The lowest BCUT2D eigenvalue weighted by Crippen LogP contribution is -2.22. The zero-order valence-electron chi connectivity index (χ0n) is 23.4. The molecule has 1 aromatic heterocycles. The van der Waals surface area contributed by atoms with Gasteiger partial charge in [-0.2, -0.15) is 0 Å². The third-order valence-electron chi connectivity index (χ3n) is 7.00. The first-order valence-electron chi connectivity index (χ1n) is 13.8. The van der Waals surface area contributed by atoms with E-state index in [0.29, 0.717) is 39.3 Å². The van der Waals surface area contributed by atoms with Crippen molar-refractivity contribution in [3.05, 3.63) is 102 Å². The molecule has 0 radical (unpaired) electrons. The first-order valence-corrected chi connectivity index (χ1v) is 13.8. The standard InChI is InChI=1S/C33H34F2N2O5/c1-20(2)37-28(17-16-26(38)18-27(39)19-29(40)41)30(21-8-12-23(34)13-9-21)31(22-10-14-24(35)15-11-22)32(37)33(42)36-25-6-4-3-5-7-25/h3-15,20,26-27,38-39H,16-19H2,1-2H3,(H,36,42)(H,40,41)/t26-,27-/m1/s1. The van der Waals surface area contributed by atoms with Crippen LogP contribution in [0.3, 0.4) is 0 Å². The van der Waals surface area contributed by atoms with Gasteiger partial charge < -0.3 is 25.2 Å². The van der Waals surface area contributed by atoms with Gasteiger partial charge in [0, 0.05) is 28.6 Å². The van der Waals surface area contributed by atoms with Crippen LogP contribution in [0.5, 0.6) is 0 Å². The van der Waals surface area contributed by atoms with Crippen LogP contribution >= 0.6 is 0 Å². The lowest BCUT2D eigenvalue weighted by molar-refractivity contribution is -0.139. The Kier molecular flexibility index (Phi) is 9.88. The number of aromatic nitrogens is 1. The predicted octanol–water partition coefficient (Wildman–Crippen LogP) is 6.45. The predicted molar refractivity (Wildman–Crippen MR) is 157 cm³/mol. The van der Waals surface area contributed by atoms with Crippen LogP contribution in [0, 0.1) is 11.6 Å². The summed E-state index contributed by atoms with van der Waals surface area (Å²) < 4.78 is 29.9. The van der Waals surface area contributed by atoms with E-state index >= 15 is 0 Å². The molecule has 0 bridgehead atoms. The molecule has 0 saturated carbocycles. The fourth-order valence-electron chi connectivity index (χ4n) is 5.23. The summed E-state index contributed by atoms with van der Waals surface area (Å²) in [5.74, 6) is -2.44. The Hall–Kier alpha value is -4.34. The number of anilines is 1. The van der Waals surface area contributed by atoms with Crippen LogP contribution in [0.1, 0.15) is 55.3 Å². The third-order valence-corrected chi connectivity index (χ3v) is 7.00. The third kappa shape index (κ3) is 7.29. The number of carboxylic acid groups (broad SMARTS) is 1. The Labute approximate surface area is 243 Å². The van der Waals surface area contributed by atoms with E-state index in [2.05, 4.69) is 5.32 Å². The van der Waals surface area contributed by atoms with E-state index in [9.17, 15) is 28.6 Å². The van der Waals surface area contributed by atoms with Gasteiger partial charge in [-0.3, -0.25) is 9.59 Å². The van der Waals surface area contributed by atoms with E-state index in [1.165, 1.54) is 24.3 Å². The van der Waals surface area contributed by atoms with Crippen LogP contribution in [0.4, 0.5) is 14.5 Å². The topological polar surface area (TPSA) is 112 Å². The number of rotatable bonds is 12. The maximum Gasteiger partial charge on any atom is 0.305 e. The van der Waals surface area contributed by atoms with Crippen molar-refractivity contribution < 1.29 is 33.7 Å². The number of para-hydroxylation sites is 1. The molecule has 42 heavy (non-hydrogen) atoms. The van der Waals surface area contributed by atoms with Crippen LogP contribution in [0.25, 0.3) is 22.3 Å². The Balaban J connectivity index is 1.91. The molecular weight excluding hydrogens is 542 g/mol. The average Bonchev–Trinajstić information content (AvgIpc) is 3.28. The quantitative estimate of drug-likeness (QED) is 0.155. The number of carboxylic acids is 1. The molecule has 2 atom stereocenters. The van der Waals surface area contributed by atoms with Crippen LogP contribution in [0.15, 0.2) is 78.9 Å². The van der Waals surface area contributed by atoms with E-state index in [4.69, 9.17) is 5.11 Å². The van der Waals surface area contributed by atoms with Gasteiger partial charge in [0.2, 0.25) is 0 Å². The highest BCUT2D eigenvalue weighted by Gasteiger charge is 2.30. The fraction of sp³-hybridized carbons (Fsp3) is 0.273. The summed E-state index contributed by atoms with van der Waals surface area (Å²) in [6.07, 6.45) is -2.45. The largest absolute Gasteiger partial charge is 0.481 e. The second-order valence-electron chi connectivity index (χ2n) is 10.5. The SMILES string of the molecule is CC(C)n1c(CC[C@@H](O)C[C@@H](O)CC(=O)O)c(-c2ccc(F)cc2)c(-c2ccc(F)cc2)c1C(=O)Nc1ccccc1. The second kappa shape index (κ2) is 13.5. The molecule has 0 unspecified atom stereocenters. The van der Waals surface area contributed by atoms with Crippen molar-refractivity contribution >= 4 is 17.6 Å². The van der Waals surface area contributed by atoms with Crippen molar-refractivity contribution in [3.8, 4) is 22.3 Å². The van der Waals surface area contributed by atoms with E-state index in [-0.39, 0.29) is 25.3 Å². The number of nitrogens with zero attached hydrogens (tertiary/aromatic N) is 1. The van der Waals surface area contributed by atoms with Crippen LogP contribution in [-0.4, -0.2) is 44.0 Å². The van der Waals surface area contributed by atoms with Gasteiger partial charge in [-0.1, -0.05) is 42.5 Å². The van der Waals surface area contributed by atoms with Crippen molar-refractivity contribution in [2.45, 2.75) is 57.8 Å². The highest BCUT2D eigenvalue weighted by atomic mass is 19.1. The van der Waals surface area contributed by atoms with Gasteiger partial charge in [0.25, 0.3) is 5.91 Å². The van der Waals surface area contributed by atoms with E-state index in [1.807, 2.05) is 24.5 Å². The lowest BCUT2D eigenvalue weighted by Gasteiger charge is -2.20. The van der Waals surface area contributed by atoms with Crippen LogP contribution in [-0.2, 0) is 11.2 Å². The van der Waals surface area contributed by atoms with Crippen molar-refractivity contribution in [2.75, 3.05) is 5.32 Å². The summed E-state index contributed by atoms with van der Waals surface area (Å²) in [4.78, 5) is 25.0. The first-order chi connectivity index (χ1) is 20.0. The molecule has 0 aliphatic heterocycles. The number of hydrogen-bond donors (Lipinski definition) is 4. The van der Waals surface area contributed by atoms with Gasteiger partial charge in [0.05, 0.1) is 18.6 Å². The molecule has 220 valence electrons. The smallest absolute Gasteiger partial charge is 0.305 e. The molecule has 0 aliphatic carbocycles. The summed E-state index contributed by atoms with van der Waals surface area (Å²) in [7, 11) is 0. The molecule has 7 nitrogen and oxygen atoms in total. The van der Waals surface area contributed by atoms with Gasteiger partial charge in [0.15, 0.2) is 0 Å². The Morgan fingerprint density at radius 1 is 0.810 bits per heavy atom. The summed E-state index contributed by atoms with van der Waals surface area (Å²) in [6, 6.07) is 20.4. The van der Waals surface area contributed by atoms with Crippen molar-refractivity contribution in [1.29, 1.82) is 0 Å². The minimum absolute atomic E-state index is 0.132. The molecule has 0 fully saturated rings. The van der Waals surface area contributed by atoms with Gasteiger partial charge in [0.1, 0.15) is 17.3 Å². The summed E-state index contributed by atoms with van der Waals surface area (Å²) >= 11 is 0. The zero-order chi connectivity index (χ0) is 30.4.